The molecule has 0 unspecified atom stereocenters. The maximum atomic E-state index is 12.5. The highest BCUT2D eigenvalue weighted by Gasteiger charge is 2.24. The van der Waals surface area contributed by atoms with Crippen molar-refractivity contribution in [2.75, 3.05) is 6.54 Å². The summed E-state index contributed by atoms with van der Waals surface area (Å²) in [6.07, 6.45) is 5.54. The molecular weight excluding hydrogens is 258 g/mol. The van der Waals surface area contributed by atoms with Crippen molar-refractivity contribution in [1.82, 2.24) is 24.7 Å². The monoisotopic (exact) mass is 269 g/mol. The second kappa shape index (κ2) is 4.16. The number of carbonyl (C=O) groups is 1. The fourth-order valence-electron chi connectivity index (χ4n) is 2.44. The van der Waals surface area contributed by atoms with Gasteiger partial charge in [0, 0.05) is 30.3 Å². The Morgan fingerprint density at radius 2 is 2.35 bits per heavy atom. The summed E-state index contributed by atoms with van der Waals surface area (Å²) in [6.45, 7) is 1.19. The van der Waals surface area contributed by atoms with E-state index in [2.05, 4.69) is 15.2 Å². The van der Waals surface area contributed by atoms with E-state index in [-0.39, 0.29) is 5.91 Å². The number of fused-ring (bicyclic) bond motifs is 2. The summed E-state index contributed by atoms with van der Waals surface area (Å²) < 4.78 is 6.57. The van der Waals surface area contributed by atoms with Crippen molar-refractivity contribution in [2.24, 2.45) is 0 Å². The number of amides is 1. The van der Waals surface area contributed by atoms with Gasteiger partial charge in [-0.05, 0) is 12.1 Å². The first-order valence-corrected chi connectivity index (χ1v) is 6.32. The SMILES string of the molecule is O=C(c1ccn2ncnc2c1)N1CCc2nocc2C1. The Balaban J connectivity index is 1.64. The molecule has 7 heteroatoms. The van der Waals surface area contributed by atoms with Crippen molar-refractivity contribution in [3.63, 3.8) is 0 Å². The van der Waals surface area contributed by atoms with Crippen LogP contribution >= 0.6 is 0 Å². The lowest BCUT2D eigenvalue weighted by atomic mass is 10.1. The zero-order valence-corrected chi connectivity index (χ0v) is 10.6. The molecule has 0 bridgehead atoms. The Morgan fingerprint density at radius 1 is 1.40 bits per heavy atom. The van der Waals surface area contributed by atoms with Crippen molar-refractivity contribution >= 4 is 11.6 Å². The molecule has 0 radical (unpaired) electrons. The molecule has 100 valence electrons. The molecule has 3 aromatic heterocycles. The van der Waals surface area contributed by atoms with Gasteiger partial charge < -0.3 is 9.42 Å². The molecule has 0 saturated carbocycles. The maximum Gasteiger partial charge on any atom is 0.254 e. The molecule has 0 aliphatic carbocycles. The Morgan fingerprint density at radius 3 is 3.30 bits per heavy atom. The van der Waals surface area contributed by atoms with Crippen LogP contribution in [0.2, 0.25) is 0 Å². The molecule has 1 amide bonds. The largest absolute Gasteiger partial charge is 0.364 e. The van der Waals surface area contributed by atoms with Crippen LogP contribution in [0.5, 0.6) is 0 Å². The lowest BCUT2D eigenvalue weighted by Gasteiger charge is -2.25. The van der Waals surface area contributed by atoms with Crippen LogP contribution in [-0.4, -0.2) is 37.1 Å². The van der Waals surface area contributed by atoms with E-state index in [1.807, 2.05) is 0 Å². The normalized spacial score (nSPS) is 14.5. The van der Waals surface area contributed by atoms with E-state index in [4.69, 9.17) is 4.52 Å². The average Bonchev–Trinajstić information content (AvgIpc) is 3.13. The van der Waals surface area contributed by atoms with E-state index in [0.717, 1.165) is 17.7 Å². The third-order valence-corrected chi connectivity index (χ3v) is 3.52. The standard InChI is InChI=1S/C13H11N5O2/c19-13(9-1-4-18-12(5-9)14-8-15-18)17-3-2-11-10(6-17)7-20-16-11/h1,4-5,7-8H,2-3,6H2. The van der Waals surface area contributed by atoms with Crippen molar-refractivity contribution in [1.29, 1.82) is 0 Å². The Kier molecular flexibility index (Phi) is 2.32. The summed E-state index contributed by atoms with van der Waals surface area (Å²) in [5, 5.41) is 7.94. The van der Waals surface area contributed by atoms with Gasteiger partial charge in [-0.3, -0.25) is 4.79 Å². The average molecular weight is 269 g/mol. The van der Waals surface area contributed by atoms with E-state index >= 15 is 0 Å². The van der Waals surface area contributed by atoms with Gasteiger partial charge in [0.05, 0.1) is 12.2 Å². The van der Waals surface area contributed by atoms with Crippen molar-refractivity contribution in [3.05, 3.63) is 47.7 Å². The Labute approximate surface area is 113 Å². The van der Waals surface area contributed by atoms with E-state index in [0.29, 0.717) is 24.3 Å². The number of hydrogen-bond donors (Lipinski definition) is 0. The molecular formula is C13H11N5O2. The Bertz CT molecular complexity index is 791. The minimum absolute atomic E-state index is 0.0117. The van der Waals surface area contributed by atoms with Gasteiger partial charge in [0.15, 0.2) is 5.65 Å². The van der Waals surface area contributed by atoms with Crippen LogP contribution in [-0.2, 0) is 13.0 Å². The van der Waals surface area contributed by atoms with E-state index in [1.54, 1.807) is 34.0 Å². The first-order chi connectivity index (χ1) is 9.81. The predicted molar refractivity (Wildman–Crippen MR) is 67.9 cm³/mol. The summed E-state index contributed by atoms with van der Waals surface area (Å²) in [6, 6.07) is 3.51. The summed E-state index contributed by atoms with van der Waals surface area (Å²) in [5.74, 6) is -0.0117. The van der Waals surface area contributed by atoms with Crippen LogP contribution in [0.1, 0.15) is 21.6 Å². The molecule has 20 heavy (non-hydrogen) atoms. The number of rotatable bonds is 1. The third kappa shape index (κ3) is 1.67. The maximum absolute atomic E-state index is 12.5. The van der Waals surface area contributed by atoms with Gasteiger partial charge in [-0.1, -0.05) is 5.16 Å². The molecule has 0 N–H and O–H groups in total. The topological polar surface area (TPSA) is 76.5 Å². The minimum atomic E-state index is -0.0117. The zero-order chi connectivity index (χ0) is 13.5. The molecule has 3 aromatic rings. The van der Waals surface area contributed by atoms with Gasteiger partial charge >= 0.3 is 0 Å². The summed E-state index contributed by atoms with van der Waals surface area (Å²) in [4.78, 5) is 18.4. The lowest BCUT2D eigenvalue weighted by molar-refractivity contribution is 0.0734. The minimum Gasteiger partial charge on any atom is -0.364 e. The number of carbonyl (C=O) groups excluding carboxylic acids is 1. The molecule has 1 aliphatic heterocycles. The number of hydrogen-bond acceptors (Lipinski definition) is 5. The van der Waals surface area contributed by atoms with E-state index in [1.165, 1.54) is 6.33 Å². The van der Waals surface area contributed by atoms with E-state index < -0.39 is 0 Å². The molecule has 0 fully saturated rings. The first kappa shape index (κ1) is 11.2. The van der Waals surface area contributed by atoms with Crippen LogP contribution in [0.4, 0.5) is 0 Å². The van der Waals surface area contributed by atoms with Gasteiger partial charge in [0.25, 0.3) is 5.91 Å². The molecule has 4 heterocycles. The molecule has 0 atom stereocenters. The highest BCUT2D eigenvalue weighted by molar-refractivity contribution is 5.95. The van der Waals surface area contributed by atoms with Crippen molar-refractivity contribution in [3.8, 4) is 0 Å². The smallest absolute Gasteiger partial charge is 0.254 e. The van der Waals surface area contributed by atoms with Crippen LogP contribution in [0.25, 0.3) is 5.65 Å². The fourth-order valence-corrected chi connectivity index (χ4v) is 2.44. The highest BCUT2D eigenvalue weighted by atomic mass is 16.5. The number of pyridine rings is 1. The van der Waals surface area contributed by atoms with Gasteiger partial charge in [0.2, 0.25) is 0 Å². The number of nitrogens with zero attached hydrogens (tertiary/aromatic N) is 5. The van der Waals surface area contributed by atoms with Gasteiger partial charge in [-0.15, -0.1) is 0 Å². The van der Waals surface area contributed by atoms with Crippen LogP contribution in [0.15, 0.2) is 35.4 Å². The molecule has 1 aliphatic rings. The highest BCUT2D eigenvalue weighted by Crippen LogP contribution is 2.19. The van der Waals surface area contributed by atoms with Gasteiger partial charge in [-0.25, -0.2) is 9.50 Å². The lowest BCUT2D eigenvalue weighted by Crippen LogP contribution is -2.35. The number of aromatic nitrogens is 4. The van der Waals surface area contributed by atoms with Gasteiger partial charge in [-0.2, -0.15) is 5.10 Å². The van der Waals surface area contributed by atoms with Crippen LogP contribution in [0, 0.1) is 0 Å². The van der Waals surface area contributed by atoms with Crippen molar-refractivity contribution in [2.45, 2.75) is 13.0 Å². The molecule has 0 saturated heterocycles. The molecule has 4 rings (SSSR count). The zero-order valence-electron chi connectivity index (χ0n) is 10.6. The molecule has 7 nitrogen and oxygen atoms in total. The summed E-state index contributed by atoms with van der Waals surface area (Å²) >= 11 is 0. The fraction of sp³-hybridized carbons (Fsp3) is 0.231. The van der Waals surface area contributed by atoms with Crippen LogP contribution in [0.3, 0.4) is 0 Å². The molecule has 0 spiro atoms. The second-order valence-corrected chi connectivity index (χ2v) is 4.74. The summed E-state index contributed by atoms with van der Waals surface area (Å²) in [7, 11) is 0. The second-order valence-electron chi connectivity index (χ2n) is 4.74. The summed E-state index contributed by atoms with van der Waals surface area (Å²) in [5.41, 5.74) is 3.21. The first-order valence-electron chi connectivity index (χ1n) is 6.32. The van der Waals surface area contributed by atoms with E-state index in [9.17, 15) is 4.79 Å². The Hall–Kier alpha value is -2.70. The third-order valence-electron chi connectivity index (χ3n) is 3.52. The van der Waals surface area contributed by atoms with Crippen LogP contribution < -0.4 is 0 Å². The van der Waals surface area contributed by atoms with Gasteiger partial charge in [0.1, 0.15) is 12.6 Å². The predicted octanol–water partition coefficient (Wildman–Crippen LogP) is 0.916. The molecule has 0 aromatic carbocycles. The quantitative estimate of drug-likeness (QED) is 0.656. The van der Waals surface area contributed by atoms with Crippen molar-refractivity contribution < 1.29 is 9.32 Å².